The molecule has 102 valence electrons. The second-order valence-electron chi connectivity index (χ2n) is 4.97. The van der Waals surface area contributed by atoms with Crippen molar-refractivity contribution in [1.82, 2.24) is 0 Å². The van der Waals surface area contributed by atoms with Crippen LogP contribution in [0.25, 0.3) is 0 Å². The molecule has 3 rings (SSSR count). The number of fused-ring (bicyclic) bond motifs is 2. The number of Topliss-reactive ketones (excluding diaryl/α,β-unsaturated/α-hetero) is 1. The molecule has 0 aromatic heterocycles. The molecular weight excluding hydrogens is 244 g/mol. The fraction of sp³-hybridized carbons (Fsp3) is 0.500. The van der Waals surface area contributed by atoms with E-state index in [0.717, 1.165) is 48.2 Å². The second kappa shape index (κ2) is 4.74. The number of hydrogen-bond acceptors (Lipinski definition) is 5. The summed E-state index contributed by atoms with van der Waals surface area (Å²) >= 11 is 0. The first-order valence-electron chi connectivity index (χ1n) is 6.69. The standard InChI is InChI=1S/C14H18N2O3/c1-8(17)11-9-4-2-7-19-14(9)12(16-15)10-5-3-6-18-13(10)11/h16H,2-7,15H2,1H3. The third-order valence-electron chi connectivity index (χ3n) is 3.74. The van der Waals surface area contributed by atoms with Gasteiger partial charge in [0.1, 0.15) is 11.5 Å². The van der Waals surface area contributed by atoms with E-state index in [0.29, 0.717) is 24.5 Å². The molecule has 2 aliphatic heterocycles. The number of ether oxygens (including phenoxy) is 2. The Kier molecular flexibility index (Phi) is 3.06. The molecule has 0 unspecified atom stereocenters. The summed E-state index contributed by atoms with van der Waals surface area (Å²) in [6.45, 7) is 2.90. The summed E-state index contributed by atoms with van der Waals surface area (Å²) in [6, 6.07) is 0. The molecule has 0 fully saturated rings. The largest absolute Gasteiger partial charge is 0.492 e. The van der Waals surface area contributed by atoms with Crippen molar-refractivity contribution in [3.05, 3.63) is 16.7 Å². The first kappa shape index (κ1) is 12.3. The minimum absolute atomic E-state index is 0.0310. The van der Waals surface area contributed by atoms with Crippen LogP contribution < -0.4 is 20.7 Å². The molecule has 5 nitrogen and oxygen atoms in total. The fourth-order valence-electron chi connectivity index (χ4n) is 2.97. The van der Waals surface area contributed by atoms with E-state index in [-0.39, 0.29) is 5.78 Å². The molecule has 0 saturated heterocycles. The van der Waals surface area contributed by atoms with E-state index >= 15 is 0 Å². The number of carbonyl (C=O) groups is 1. The summed E-state index contributed by atoms with van der Waals surface area (Å²) in [5, 5.41) is 0. The van der Waals surface area contributed by atoms with Gasteiger partial charge in [0.2, 0.25) is 0 Å². The third-order valence-corrected chi connectivity index (χ3v) is 3.74. The molecule has 5 heteroatoms. The van der Waals surface area contributed by atoms with Crippen molar-refractivity contribution in [2.45, 2.75) is 32.6 Å². The summed E-state index contributed by atoms with van der Waals surface area (Å²) < 4.78 is 11.5. The Bertz CT molecular complexity index is 503. The number of ketones is 1. The minimum Gasteiger partial charge on any atom is -0.492 e. The van der Waals surface area contributed by atoms with E-state index in [1.54, 1.807) is 6.92 Å². The highest BCUT2D eigenvalue weighted by molar-refractivity contribution is 6.01. The van der Waals surface area contributed by atoms with E-state index in [4.69, 9.17) is 15.3 Å². The van der Waals surface area contributed by atoms with Crippen molar-refractivity contribution in [1.29, 1.82) is 0 Å². The SMILES string of the molecule is CC(=O)c1c2c(c(NN)c3c1OCCC3)OCCC2. The monoisotopic (exact) mass is 262 g/mol. The lowest BCUT2D eigenvalue weighted by Gasteiger charge is -2.29. The number of carbonyl (C=O) groups excluding carboxylic acids is 1. The number of nitrogens with two attached hydrogens (primary N) is 1. The molecule has 0 bridgehead atoms. The molecule has 0 aliphatic carbocycles. The van der Waals surface area contributed by atoms with Gasteiger partial charge < -0.3 is 14.9 Å². The van der Waals surface area contributed by atoms with Crippen molar-refractivity contribution in [2.24, 2.45) is 5.84 Å². The summed E-state index contributed by atoms with van der Waals surface area (Å²) in [4.78, 5) is 12.0. The van der Waals surface area contributed by atoms with Gasteiger partial charge in [0.15, 0.2) is 5.78 Å². The van der Waals surface area contributed by atoms with Crippen LogP contribution in [0.5, 0.6) is 11.5 Å². The number of anilines is 1. The highest BCUT2D eigenvalue weighted by atomic mass is 16.5. The maximum absolute atomic E-state index is 12.0. The van der Waals surface area contributed by atoms with Gasteiger partial charge in [-0.2, -0.15) is 0 Å². The van der Waals surface area contributed by atoms with Gasteiger partial charge in [-0.15, -0.1) is 0 Å². The number of hydrazine groups is 1. The maximum Gasteiger partial charge on any atom is 0.163 e. The highest BCUT2D eigenvalue weighted by Gasteiger charge is 2.30. The van der Waals surface area contributed by atoms with Gasteiger partial charge in [-0.3, -0.25) is 10.6 Å². The van der Waals surface area contributed by atoms with E-state index in [1.807, 2.05) is 0 Å². The lowest BCUT2D eigenvalue weighted by Crippen LogP contribution is -2.22. The van der Waals surface area contributed by atoms with Crippen LogP contribution in [-0.2, 0) is 12.8 Å². The lowest BCUT2D eigenvalue weighted by molar-refractivity contribution is 0.101. The van der Waals surface area contributed by atoms with Crippen molar-refractivity contribution < 1.29 is 14.3 Å². The average molecular weight is 262 g/mol. The lowest BCUT2D eigenvalue weighted by atomic mass is 9.90. The molecule has 2 aliphatic rings. The molecule has 3 N–H and O–H groups in total. The molecule has 2 heterocycles. The Hall–Kier alpha value is -1.75. The zero-order valence-electron chi connectivity index (χ0n) is 11.0. The quantitative estimate of drug-likeness (QED) is 0.483. The van der Waals surface area contributed by atoms with Crippen LogP contribution >= 0.6 is 0 Å². The van der Waals surface area contributed by atoms with Crippen LogP contribution in [0.2, 0.25) is 0 Å². The smallest absolute Gasteiger partial charge is 0.163 e. The molecule has 0 amide bonds. The molecule has 1 aromatic rings. The summed E-state index contributed by atoms with van der Waals surface area (Å²) in [5.41, 5.74) is 6.11. The Morgan fingerprint density at radius 2 is 1.74 bits per heavy atom. The first-order chi connectivity index (χ1) is 9.24. The van der Waals surface area contributed by atoms with Crippen molar-refractivity contribution >= 4 is 11.5 Å². The van der Waals surface area contributed by atoms with Crippen molar-refractivity contribution in [2.75, 3.05) is 18.6 Å². The molecular formula is C14H18N2O3. The van der Waals surface area contributed by atoms with Gasteiger partial charge in [0.05, 0.1) is 24.5 Å². The highest BCUT2D eigenvalue weighted by Crippen LogP contribution is 2.46. The molecule has 19 heavy (non-hydrogen) atoms. The average Bonchev–Trinajstić information content (AvgIpc) is 2.44. The van der Waals surface area contributed by atoms with Crippen LogP contribution in [0.15, 0.2) is 0 Å². The molecule has 0 atom stereocenters. The topological polar surface area (TPSA) is 73.6 Å². The molecule has 0 radical (unpaired) electrons. The number of nitrogens with one attached hydrogen (secondary N) is 1. The number of rotatable bonds is 2. The van der Waals surface area contributed by atoms with E-state index in [2.05, 4.69) is 5.43 Å². The minimum atomic E-state index is 0.0310. The van der Waals surface area contributed by atoms with E-state index in [1.165, 1.54) is 0 Å². The van der Waals surface area contributed by atoms with Crippen LogP contribution in [0.3, 0.4) is 0 Å². The molecule has 1 aromatic carbocycles. The van der Waals surface area contributed by atoms with Gasteiger partial charge in [-0.05, 0) is 32.6 Å². The van der Waals surface area contributed by atoms with E-state index < -0.39 is 0 Å². The molecule has 0 spiro atoms. The first-order valence-corrected chi connectivity index (χ1v) is 6.69. The Labute approximate surface area is 112 Å². The van der Waals surface area contributed by atoms with Gasteiger partial charge in [-0.1, -0.05) is 0 Å². The van der Waals surface area contributed by atoms with Crippen LogP contribution in [0.1, 0.15) is 41.3 Å². The Balaban J connectivity index is 2.31. The second-order valence-corrected chi connectivity index (χ2v) is 4.97. The number of hydrogen-bond donors (Lipinski definition) is 2. The van der Waals surface area contributed by atoms with Crippen molar-refractivity contribution in [3.63, 3.8) is 0 Å². The third kappa shape index (κ3) is 1.85. The van der Waals surface area contributed by atoms with Gasteiger partial charge in [0.25, 0.3) is 0 Å². The van der Waals surface area contributed by atoms with Crippen LogP contribution in [0, 0.1) is 0 Å². The zero-order valence-corrected chi connectivity index (χ0v) is 11.0. The normalized spacial score (nSPS) is 16.7. The zero-order chi connectivity index (χ0) is 13.4. The number of benzene rings is 1. The van der Waals surface area contributed by atoms with Crippen LogP contribution in [-0.4, -0.2) is 19.0 Å². The summed E-state index contributed by atoms with van der Waals surface area (Å²) in [5.74, 6) is 7.13. The number of nitrogen functional groups attached to an aromatic ring is 1. The summed E-state index contributed by atoms with van der Waals surface area (Å²) in [7, 11) is 0. The Morgan fingerprint density at radius 3 is 2.37 bits per heavy atom. The van der Waals surface area contributed by atoms with Gasteiger partial charge in [-0.25, -0.2) is 0 Å². The van der Waals surface area contributed by atoms with E-state index in [9.17, 15) is 4.79 Å². The maximum atomic E-state index is 12.0. The van der Waals surface area contributed by atoms with Crippen LogP contribution in [0.4, 0.5) is 5.69 Å². The predicted molar refractivity (Wildman–Crippen MR) is 71.9 cm³/mol. The Morgan fingerprint density at radius 1 is 1.11 bits per heavy atom. The van der Waals surface area contributed by atoms with Gasteiger partial charge in [0, 0.05) is 11.1 Å². The fourth-order valence-corrected chi connectivity index (χ4v) is 2.97. The van der Waals surface area contributed by atoms with Crippen molar-refractivity contribution in [3.8, 4) is 11.5 Å². The summed E-state index contributed by atoms with van der Waals surface area (Å²) in [6.07, 6.45) is 3.52. The predicted octanol–water partition coefficient (Wildman–Crippen LogP) is 1.82. The van der Waals surface area contributed by atoms with Gasteiger partial charge >= 0.3 is 0 Å². The molecule has 0 saturated carbocycles.